The van der Waals surface area contributed by atoms with Crippen LogP contribution in [0.2, 0.25) is 0 Å². The second kappa shape index (κ2) is 4.38. The summed E-state index contributed by atoms with van der Waals surface area (Å²) >= 11 is 0. The molecular formula is C8H10N4O. The van der Waals surface area contributed by atoms with Crippen molar-refractivity contribution in [2.75, 3.05) is 11.9 Å². The molecule has 5 nitrogen and oxygen atoms in total. The zero-order chi connectivity index (χ0) is 9.68. The van der Waals surface area contributed by atoms with Gasteiger partial charge in [-0.25, -0.2) is 9.97 Å². The molecular weight excluding hydrogens is 168 g/mol. The highest BCUT2D eigenvalue weighted by Crippen LogP contribution is 2.02. The van der Waals surface area contributed by atoms with E-state index in [0.29, 0.717) is 18.1 Å². The number of aliphatic hydroxyl groups is 1. The van der Waals surface area contributed by atoms with E-state index in [1.165, 1.54) is 12.4 Å². The summed E-state index contributed by atoms with van der Waals surface area (Å²) in [6.07, 6.45) is 0.864. The Hall–Kier alpha value is -1.67. The average molecular weight is 178 g/mol. The van der Waals surface area contributed by atoms with E-state index in [4.69, 9.17) is 10.4 Å². The normalized spacial score (nSPS) is 11.8. The van der Waals surface area contributed by atoms with Crippen molar-refractivity contribution in [3.05, 3.63) is 18.1 Å². The third-order valence-electron chi connectivity index (χ3n) is 1.36. The van der Waals surface area contributed by atoms with Crippen LogP contribution in [0, 0.1) is 11.3 Å². The van der Waals surface area contributed by atoms with Crippen molar-refractivity contribution in [3.63, 3.8) is 0 Å². The molecule has 0 unspecified atom stereocenters. The number of nitrogens with one attached hydrogen (secondary N) is 1. The first-order chi connectivity index (χ1) is 6.22. The van der Waals surface area contributed by atoms with Crippen LogP contribution in [0.1, 0.15) is 12.6 Å². The highest BCUT2D eigenvalue weighted by Gasteiger charge is 1.98. The quantitative estimate of drug-likeness (QED) is 0.688. The van der Waals surface area contributed by atoms with Crippen LogP contribution in [0.5, 0.6) is 0 Å². The van der Waals surface area contributed by atoms with Crippen molar-refractivity contribution in [2.45, 2.75) is 13.0 Å². The van der Waals surface area contributed by atoms with E-state index >= 15 is 0 Å². The van der Waals surface area contributed by atoms with Gasteiger partial charge in [-0.2, -0.15) is 5.26 Å². The van der Waals surface area contributed by atoms with Gasteiger partial charge in [-0.3, -0.25) is 0 Å². The van der Waals surface area contributed by atoms with Crippen LogP contribution in [-0.2, 0) is 0 Å². The molecule has 0 aliphatic rings. The molecule has 0 bridgehead atoms. The summed E-state index contributed by atoms with van der Waals surface area (Å²) in [5.74, 6) is 0.549. The van der Waals surface area contributed by atoms with Crippen LogP contribution in [0.25, 0.3) is 0 Å². The Morgan fingerprint density at radius 3 is 3.08 bits per heavy atom. The number of aromatic nitrogens is 2. The Balaban J connectivity index is 2.63. The summed E-state index contributed by atoms with van der Waals surface area (Å²) in [6, 6.07) is 3.43. The molecule has 0 saturated heterocycles. The number of aliphatic hydroxyl groups excluding tert-OH is 1. The third-order valence-corrected chi connectivity index (χ3v) is 1.36. The highest BCUT2D eigenvalue weighted by molar-refractivity contribution is 5.38. The monoisotopic (exact) mass is 178 g/mol. The highest BCUT2D eigenvalue weighted by atomic mass is 16.3. The Morgan fingerprint density at radius 1 is 1.69 bits per heavy atom. The van der Waals surface area contributed by atoms with Crippen LogP contribution in [0.3, 0.4) is 0 Å². The fourth-order valence-electron chi connectivity index (χ4n) is 0.767. The van der Waals surface area contributed by atoms with E-state index < -0.39 is 6.10 Å². The van der Waals surface area contributed by atoms with Crippen LogP contribution < -0.4 is 5.32 Å². The van der Waals surface area contributed by atoms with Crippen molar-refractivity contribution in [3.8, 4) is 6.07 Å². The van der Waals surface area contributed by atoms with Crippen LogP contribution in [0.4, 0.5) is 5.82 Å². The van der Waals surface area contributed by atoms with Gasteiger partial charge in [-0.15, -0.1) is 0 Å². The Morgan fingerprint density at radius 2 is 2.46 bits per heavy atom. The first-order valence-electron chi connectivity index (χ1n) is 3.86. The fraction of sp³-hybridized carbons (Fsp3) is 0.375. The van der Waals surface area contributed by atoms with Gasteiger partial charge in [0.2, 0.25) is 0 Å². The van der Waals surface area contributed by atoms with Gasteiger partial charge in [0.1, 0.15) is 23.9 Å². The van der Waals surface area contributed by atoms with Gasteiger partial charge in [0, 0.05) is 12.6 Å². The third kappa shape index (κ3) is 3.05. The minimum absolute atomic E-state index is 0.308. The predicted molar refractivity (Wildman–Crippen MR) is 46.9 cm³/mol. The zero-order valence-electron chi connectivity index (χ0n) is 7.23. The summed E-state index contributed by atoms with van der Waals surface area (Å²) in [5.41, 5.74) is 0.308. The number of nitrogens with zero attached hydrogens (tertiary/aromatic N) is 3. The number of rotatable bonds is 3. The topological polar surface area (TPSA) is 81.8 Å². The van der Waals surface area contributed by atoms with Gasteiger partial charge in [-0.05, 0) is 6.92 Å². The molecule has 1 rings (SSSR count). The second-order valence-electron chi connectivity index (χ2n) is 2.63. The lowest BCUT2D eigenvalue weighted by Gasteiger charge is -2.06. The average Bonchev–Trinajstić information content (AvgIpc) is 2.15. The molecule has 5 heteroatoms. The molecule has 0 aromatic carbocycles. The van der Waals surface area contributed by atoms with Crippen LogP contribution in [0.15, 0.2) is 12.4 Å². The van der Waals surface area contributed by atoms with Gasteiger partial charge < -0.3 is 10.4 Å². The molecule has 1 heterocycles. The van der Waals surface area contributed by atoms with Crippen molar-refractivity contribution < 1.29 is 5.11 Å². The zero-order valence-corrected chi connectivity index (χ0v) is 7.23. The van der Waals surface area contributed by atoms with E-state index in [-0.39, 0.29) is 0 Å². The minimum Gasteiger partial charge on any atom is -0.392 e. The number of hydrogen-bond donors (Lipinski definition) is 2. The first-order valence-corrected chi connectivity index (χ1v) is 3.86. The van der Waals surface area contributed by atoms with Crippen molar-refractivity contribution in [1.29, 1.82) is 5.26 Å². The second-order valence-corrected chi connectivity index (χ2v) is 2.63. The molecule has 0 spiro atoms. The Bertz CT molecular complexity index is 318. The molecule has 1 aromatic rings. The molecule has 0 saturated carbocycles. The van der Waals surface area contributed by atoms with Crippen molar-refractivity contribution in [2.24, 2.45) is 0 Å². The molecule has 2 N–H and O–H groups in total. The first kappa shape index (κ1) is 9.42. The smallest absolute Gasteiger partial charge is 0.145 e. The van der Waals surface area contributed by atoms with Gasteiger partial charge in [0.15, 0.2) is 0 Å². The summed E-state index contributed by atoms with van der Waals surface area (Å²) in [4.78, 5) is 7.59. The van der Waals surface area contributed by atoms with Crippen molar-refractivity contribution >= 4 is 5.82 Å². The van der Waals surface area contributed by atoms with E-state index in [9.17, 15) is 0 Å². The van der Waals surface area contributed by atoms with Gasteiger partial charge in [0.25, 0.3) is 0 Å². The standard InChI is InChI=1S/C8H10N4O/c1-6(13)4-10-8-2-7(3-9)11-5-12-8/h2,5-6,13H,4H2,1H3,(H,10,11,12)/t6-/m1/s1. The minimum atomic E-state index is -0.444. The lowest BCUT2D eigenvalue weighted by Crippen LogP contribution is -2.16. The molecule has 13 heavy (non-hydrogen) atoms. The molecule has 0 radical (unpaired) electrons. The maximum absolute atomic E-state index is 8.97. The Labute approximate surface area is 76.1 Å². The van der Waals surface area contributed by atoms with Gasteiger partial charge in [-0.1, -0.05) is 0 Å². The molecule has 0 amide bonds. The molecule has 0 aliphatic carbocycles. The number of anilines is 1. The van der Waals surface area contributed by atoms with Crippen molar-refractivity contribution in [1.82, 2.24) is 9.97 Å². The molecule has 1 atom stereocenters. The van der Waals surface area contributed by atoms with Gasteiger partial charge >= 0.3 is 0 Å². The molecule has 1 aromatic heterocycles. The maximum atomic E-state index is 8.97. The molecule has 0 aliphatic heterocycles. The largest absolute Gasteiger partial charge is 0.392 e. The lowest BCUT2D eigenvalue weighted by atomic mass is 10.4. The van der Waals surface area contributed by atoms with E-state index in [0.717, 1.165) is 0 Å². The maximum Gasteiger partial charge on any atom is 0.145 e. The summed E-state index contributed by atoms with van der Waals surface area (Å²) in [6.45, 7) is 2.07. The fourth-order valence-corrected chi connectivity index (χ4v) is 0.767. The predicted octanol–water partition coefficient (Wildman–Crippen LogP) is 0.141. The van der Waals surface area contributed by atoms with Gasteiger partial charge in [0.05, 0.1) is 6.10 Å². The summed E-state index contributed by atoms with van der Waals surface area (Å²) in [5, 5.41) is 20.4. The van der Waals surface area contributed by atoms with E-state index in [1.807, 2.05) is 6.07 Å². The van der Waals surface area contributed by atoms with E-state index in [2.05, 4.69) is 15.3 Å². The summed E-state index contributed by atoms with van der Waals surface area (Å²) in [7, 11) is 0. The number of hydrogen-bond acceptors (Lipinski definition) is 5. The Kier molecular flexibility index (Phi) is 3.17. The molecule has 68 valence electrons. The van der Waals surface area contributed by atoms with Crippen LogP contribution in [-0.4, -0.2) is 27.7 Å². The van der Waals surface area contributed by atoms with E-state index in [1.54, 1.807) is 6.92 Å². The number of nitriles is 1. The molecule has 0 fully saturated rings. The van der Waals surface area contributed by atoms with Crippen LogP contribution >= 0.6 is 0 Å². The summed E-state index contributed by atoms with van der Waals surface area (Å²) < 4.78 is 0. The SMILES string of the molecule is C[C@@H](O)CNc1cc(C#N)ncn1. The lowest BCUT2D eigenvalue weighted by molar-refractivity contribution is 0.208.